The third-order valence-electron chi connectivity index (χ3n) is 4.64. The normalized spacial score (nSPS) is 27.8. The van der Waals surface area contributed by atoms with Gasteiger partial charge in [0.25, 0.3) is 15.9 Å². The SMILES string of the molecule is CNS(=O)(=O)c1ccc(C(=O)N(C)C2CC3CCC(C2)N3)o1. The van der Waals surface area contributed by atoms with Crippen LogP contribution in [0.25, 0.3) is 0 Å². The fourth-order valence-corrected chi connectivity index (χ4v) is 4.01. The molecule has 2 atom stereocenters. The van der Waals surface area contributed by atoms with E-state index in [0.717, 1.165) is 25.7 Å². The monoisotopic (exact) mass is 327 g/mol. The lowest BCUT2D eigenvalue weighted by Gasteiger charge is -2.35. The molecule has 0 saturated carbocycles. The summed E-state index contributed by atoms with van der Waals surface area (Å²) in [5.41, 5.74) is 0. The van der Waals surface area contributed by atoms with E-state index in [1.807, 2.05) is 0 Å². The smallest absolute Gasteiger partial charge is 0.289 e. The number of furan rings is 1. The second-order valence-corrected chi connectivity index (χ2v) is 7.82. The Morgan fingerprint density at radius 1 is 1.32 bits per heavy atom. The van der Waals surface area contributed by atoms with Gasteiger partial charge in [-0.25, -0.2) is 13.1 Å². The number of piperidine rings is 1. The molecule has 0 aromatic carbocycles. The topological polar surface area (TPSA) is 91.7 Å². The van der Waals surface area contributed by atoms with E-state index in [2.05, 4.69) is 10.0 Å². The van der Waals surface area contributed by atoms with E-state index in [0.29, 0.717) is 12.1 Å². The van der Waals surface area contributed by atoms with Crippen LogP contribution in [0.15, 0.2) is 21.6 Å². The number of carbonyl (C=O) groups is 1. The van der Waals surface area contributed by atoms with Gasteiger partial charge in [0.1, 0.15) is 0 Å². The number of hydrogen-bond acceptors (Lipinski definition) is 5. The lowest BCUT2D eigenvalue weighted by Crippen LogP contribution is -2.48. The third kappa shape index (κ3) is 2.78. The maximum Gasteiger partial charge on any atom is 0.289 e. The Morgan fingerprint density at radius 3 is 2.55 bits per heavy atom. The fraction of sp³-hybridized carbons (Fsp3) is 0.643. The zero-order valence-corrected chi connectivity index (χ0v) is 13.5. The molecule has 7 nitrogen and oxygen atoms in total. The molecule has 1 aromatic heterocycles. The van der Waals surface area contributed by atoms with Crippen LogP contribution >= 0.6 is 0 Å². The third-order valence-corrected chi connectivity index (χ3v) is 5.93. The Kier molecular flexibility index (Phi) is 4.00. The molecular formula is C14H21N3O4S. The summed E-state index contributed by atoms with van der Waals surface area (Å²) < 4.78 is 30.7. The summed E-state index contributed by atoms with van der Waals surface area (Å²) in [6.07, 6.45) is 4.19. The van der Waals surface area contributed by atoms with Crippen LogP contribution in [0, 0.1) is 0 Å². The maximum atomic E-state index is 12.5. The van der Waals surface area contributed by atoms with Gasteiger partial charge in [0.05, 0.1) is 0 Å². The predicted octanol–water partition coefficient (Wildman–Crippen LogP) is 0.543. The van der Waals surface area contributed by atoms with Gasteiger partial charge in [0.15, 0.2) is 5.76 Å². The second-order valence-electron chi connectivity index (χ2n) is 6.01. The van der Waals surface area contributed by atoms with Gasteiger partial charge >= 0.3 is 0 Å². The van der Waals surface area contributed by atoms with Crippen LogP contribution in [0.3, 0.4) is 0 Å². The van der Waals surface area contributed by atoms with Crippen molar-refractivity contribution in [1.29, 1.82) is 0 Å². The number of sulfonamides is 1. The lowest BCUT2D eigenvalue weighted by atomic mass is 9.98. The highest BCUT2D eigenvalue weighted by Crippen LogP contribution is 2.30. The molecule has 1 amide bonds. The van der Waals surface area contributed by atoms with Crippen LogP contribution in [0.1, 0.15) is 36.2 Å². The lowest BCUT2D eigenvalue weighted by molar-refractivity contribution is 0.0644. The quantitative estimate of drug-likeness (QED) is 0.842. The minimum atomic E-state index is -3.67. The number of nitrogens with zero attached hydrogens (tertiary/aromatic N) is 1. The first kappa shape index (κ1) is 15.5. The Bertz CT molecular complexity index is 657. The highest BCUT2D eigenvalue weighted by molar-refractivity contribution is 7.89. The first-order valence-electron chi connectivity index (χ1n) is 7.47. The summed E-state index contributed by atoms with van der Waals surface area (Å²) >= 11 is 0. The largest absolute Gasteiger partial charge is 0.438 e. The summed E-state index contributed by atoms with van der Waals surface area (Å²) in [7, 11) is -0.608. The first-order valence-corrected chi connectivity index (χ1v) is 8.95. The highest BCUT2D eigenvalue weighted by Gasteiger charge is 2.37. The molecule has 8 heteroatoms. The van der Waals surface area contributed by atoms with Gasteiger partial charge in [0.2, 0.25) is 5.09 Å². The average Bonchev–Trinajstić information content (AvgIpc) is 3.13. The van der Waals surface area contributed by atoms with Gasteiger partial charge in [-0.2, -0.15) is 0 Å². The number of nitrogens with one attached hydrogen (secondary N) is 2. The van der Waals surface area contributed by atoms with Crippen molar-refractivity contribution >= 4 is 15.9 Å². The van der Waals surface area contributed by atoms with Crippen molar-refractivity contribution in [2.45, 2.75) is 48.9 Å². The molecule has 2 saturated heterocycles. The molecule has 2 fully saturated rings. The van der Waals surface area contributed by atoms with Crippen molar-refractivity contribution in [2.75, 3.05) is 14.1 Å². The standard InChI is InChI=1S/C14H21N3O4S/c1-15-22(19,20)13-6-5-12(21-13)14(18)17(2)11-7-9-3-4-10(8-11)16-9/h5-6,9-11,15-16H,3-4,7-8H2,1-2H3. The Labute approximate surface area is 130 Å². The van der Waals surface area contributed by atoms with E-state index in [1.165, 1.54) is 19.2 Å². The van der Waals surface area contributed by atoms with E-state index in [4.69, 9.17) is 4.42 Å². The number of carbonyl (C=O) groups excluding carboxylic acids is 1. The average molecular weight is 327 g/mol. The van der Waals surface area contributed by atoms with Crippen molar-refractivity contribution in [3.05, 3.63) is 17.9 Å². The van der Waals surface area contributed by atoms with Crippen LogP contribution in [0.5, 0.6) is 0 Å². The molecule has 2 unspecified atom stereocenters. The van der Waals surface area contributed by atoms with Gasteiger partial charge in [-0.05, 0) is 44.9 Å². The molecule has 2 bridgehead atoms. The van der Waals surface area contributed by atoms with E-state index < -0.39 is 10.0 Å². The van der Waals surface area contributed by atoms with Crippen LogP contribution in [0.4, 0.5) is 0 Å². The van der Waals surface area contributed by atoms with Crippen molar-refractivity contribution < 1.29 is 17.6 Å². The Hall–Kier alpha value is -1.38. The van der Waals surface area contributed by atoms with Gasteiger partial charge in [-0.3, -0.25) is 4.79 Å². The molecule has 2 aliphatic rings. The van der Waals surface area contributed by atoms with E-state index in [9.17, 15) is 13.2 Å². The summed E-state index contributed by atoms with van der Waals surface area (Å²) in [5.74, 6) is -0.217. The molecule has 2 N–H and O–H groups in total. The van der Waals surface area contributed by atoms with Crippen molar-refractivity contribution in [1.82, 2.24) is 14.9 Å². The van der Waals surface area contributed by atoms with Gasteiger partial charge in [-0.1, -0.05) is 0 Å². The number of amides is 1. The fourth-order valence-electron chi connectivity index (χ4n) is 3.36. The molecule has 122 valence electrons. The molecule has 0 aliphatic carbocycles. The highest BCUT2D eigenvalue weighted by atomic mass is 32.2. The molecular weight excluding hydrogens is 306 g/mol. The molecule has 2 aliphatic heterocycles. The second kappa shape index (κ2) is 5.68. The summed E-state index contributed by atoms with van der Waals surface area (Å²) in [5, 5.41) is 3.30. The van der Waals surface area contributed by atoms with Crippen LogP contribution in [0.2, 0.25) is 0 Å². The molecule has 0 radical (unpaired) electrons. The molecule has 3 rings (SSSR count). The van der Waals surface area contributed by atoms with Crippen molar-refractivity contribution in [3.63, 3.8) is 0 Å². The minimum absolute atomic E-state index is 0.0576. The molecule has 0 spiro atoms. The van der Waals surface area contributed by atoms with E-state index in [-0.39, 0.29) is 22.8 Å². The van der Waals surface area contributed by atoms with Crippen LogP contribution < -0.4 is 10.0 Å². The maximum absolute atomic E-state index is 12.5. The molecule has 1 aromatic rings. The van der Waals surface area contributed by atoms with Crippen LogP contribution in [-0.2, 0) is 10.0 Å². The number of rotatable bonds is 4. The molecule has 22 heavy (non-hydrogen) atoms. The minimum Gasteiger partial charge on any atom is -0.438 e. The zero-order chi connectivity index (χ0) is 15.9. The number of hydrogen-bond donors (Lipinski definition) is 2. The van der Waals surface area contributed by atoms with Crippen molar-refractivity contribution in [2.24, 2.45) is 0 Å². The Balaban J connectivity index is 1.73. The van der Waals surface area contributed by atoms with Gasteiger partial charge < -0.3 is 14.6 Å². The zero-order valence-electron chi connectivity index (χ0n) is 12.7. The summed E-state index contributed by atoms with van der Waals surface area (Å²) in [6, 6.07) is 3.85. The van der Waals surface area contributed by atoms with E-state index in [1.54, 1.807) is 11.9 Å². The summed E-state index contributed by atoms with van der Waals surface area (Å²) in [6.45, 7) is 0. The Morgan fingerprint density at radius 2 is 1.95 bits per heavy atom. The van der Waals surface area contributed by atoms with E-state index >= 15 is 0 Å². The van der Waals surface area contributed by atoms with Gasteiger partial charge in [0, 0.05) is 25.2 Å². The van der Waals surface area contributed by atoms with Crippen LogP contribution in [-0.4, -0.2) is 51.4 Å². The van der Waals surface area contributed by atoms with Gasteiger partial charge in [-0.15, -0.1) is 0 Å². The first-order chi connectivity index (χ1) is 10.4. The molecule has 3 heterocycles. The predicted molar refractivity (Wildman–Crippen MR) is 80.0 cm³/mol. The summed E-state index contributed by atoms with van der Waals surface area (Å²) in [4.78, 5) is 14.2. The van der Waals surface area contributed by atoms with Crippen molar-refractivity contribution in [3.8, 4) is 0 Å². The number of fused-ring (bicyclic) bond motifs is 2.